The summed E-state index contributed by atoms with van der Waals surface area (Å²) in [4.78, 5) is 33.7. The van der Waals surface area contributed by atoms with E-state index in [9.17, 15) is 14.0 Å². The summed E-state index contributed by atoms with van der Waals surface area (Å²) in [5.74, 6) is -0.883. The number of benzene rings is 2. The molecule has 5 N–H and O–H groups in total. The van der Waals surface area contributed by atoms with Gasteiger partial charge in [0.15, 0.2) is 11.5 Å². The monoisotopic (exact) mass is 448 g/mol. The Morgan fingerprint density at radius 1 is 1.18 bits per heavy atom. The van der Waals surface area contributed by atoms with Crippen molar-refractivity contribution in [3.8, 4) is 11.3 Å². The molecule has 0 saturated carbocycles. The van der Waals surface area contributed by atoms with Crippen LogP contribution in [-0.2, 0) is 11.2 Å². The van der Waals surface area contributed by atoms with Crippen LogP contribution >= 0.6 is 0 Å². The Bertz CT molecular complexity index is 1150. The molecular formula is C24H25FN6O2. The highest BCUT2D eigenvalue weighted by atomic mass is 19.1. The van der Waals surface area contributed by atoms with E-state index in [0.29, 0.717) is 29.1 Å². The summed E-state index contributed by atoms with van der Waals surface area (Å²) in [6.45, 7) is 1.65. The number of aromatic nitrogens is 2. The van der Waals surface area contributed by atoms with Gasteiger partial charge < -0.3 is 21.7 Å². The van der Waals surface area contributed by atoms with Crippen molar-refractivity contribution in [1.82, 2.24) is 20.6 Å². The third-order valence-electron chi connectivity index (χ3n) is 5.37. The summed E-state index contributed by atoms with van der Waals surface area (Å²) >= 11 is 0. The standard InChI is InChI=1S/C24H25FN6O2/c25-17-8-6-15(7-9-17)11-21(32)29-18-4-1-3-16(12-18)20-14-28-23(26)22(31-20)24(33)30-19-5-2-10-27-13-19/h1,3-4,6-9,12,14,19,27H,2,5,10-11,13H2,(H2,26,28)(H,29,32)(H,30,33)/t19-/m0/s1. The number of amides is 2. The van der Waals surface area contributed by atoms with E-state index in [1.54, 1.807) is 30.3 Å². The lowest BCUT2D eigenvalue weighted by Gasteiger charge is -2.23. The second-order valence-electron chi connectivity index (χ2n) is 7.94. The molecule has 0 unspecified atom stereocenters. The van der Waals surface area contributed by atoms with Crippen molar-refractivity contribution in [3.63, 3.8) is 0 Å². The van der Waals surface area contributed by atoms with Crippen LogP contribution in [0.3, 0.4) is 0 Å². The number of hydrogen-bond acceptors (Lipinski definition) is 6. The number of rotatable bonds is 6. The Morgan fingerprint density at radius 3 is 2.76 bits per heavy atom. The van der Waals surface area contributed by atoms with Crippen molar-refractivity contribution in [2.24, 2.45) is 0 Å². The minimum atomic E-state index is -0.362. The predicted molar refractivity (Wildman–Crippen MR) is 124 cm³/mol. The Hall–Kier alpha value is -3.85. The summed E-state index contributed by atoms with van der Waals surface area (Å²) in [6.07, 6.45) is 3.50. The second-order valence-corrected chi connectivity index (χ2v) is 7.94. The first-order valence-corrected chi connectivity index (χ1v) is 10.8. The van der Waals surface area contributed by atoms with Gasteiger partial charge in [-0.05, 0) is 49.2 Å². The van der Waals surface area contributed by atoms with E-state index < -0.39 is 0 Å². The molecule has 2 aromatic carbocycles. The van der Waals surface area contributed by atoms with Crippen molar-refractivity contribution >= 4 is 23.3 Å². The molecule has 33 heavy (non-hydrogen) atoms. The van der Waals surface area contributed by atoms with Crippen LogP contribution in [0.5, 0.6) is 0 Å². The van der Waals surface area contributed by atoms with Gasteiger partial charge in [0.2, 0.25) is 5.91 Å². The molecule has 170 valence electrons. The molecule has 1 aromatic heterocycles. The smallest absolute Gasteiger partial charge is 0.274 e. The number of carbonyl (C=O) groups excluding carboxylic acids is 2. The first-order chi connectivity index (χ1) is 16.0. The van der Waals surface area contributed by atoms with Crippen LogP contribution in [0.1, 0.15) is 28.9 Å². The molecular weight excluding hydrogens is 423 g/mol. The lowest BCUT2D eigenvalue weighted by molar-refractivity contribution is -0.115. The minimum absolute atomic E-state index is 0.0238. The highest BCUT2D eigenvalue weighted by molar-refractivity contribution is 5.97. The number of hydrogen-bond donors (Lipinski definition) is 4. The van der Waals surface area contributed by atoms with Gasteiger partial charge in [-0.3, -0.25) is 9.59 Å². The summed E-state index contributed by atoms with van der Waals surface area (Å²) in [5.41, 5.74) is 8.41. The van der Waals surface area contributed by atoms with Crippen molar-refractivity contribution in [1.29, 1.82) is 0 Å². The maximum absolute atomic E-state index is 13.1. The molecule has 3 aromatic rings. The van der Waals surface area contributed by atoms with Gasteiger partial charge in [-0.15, -0.1) is 0 Å². The summed E-state index contributed by atoms with van der Waals surface area (Å²) in [6, 6.07) is 12.9. The summed E-state index contributed by atoms with van der Waals surface area (Å²) < 4.78 is 13.1. The normalized spacial score (nSPS) is 15.6. The van der Waals surface area contributed by atoms with E-state index in [2.05, 4.69) is 25.9 Å². The lowest BCUT2D eigenvalue weighted by Crippen LogP contribution is -2.46. The van der Waals surface area contributed by atoms with Crippen molar-refractivity contribution in [2.45, 2.75) is 25.3 Å². The van der Waals surface area contributed by atoms with E-state index >= 15 is 0 Å². The molecule has 4 rings (SSSR count). The van der Waals surface area contributed by atoms with Crippen molar-refractivity contribution in [3.05, 3.63) is 71.8 Å². The van der Waals surface area contributed by atoms with Gasteiger partial charge in [0.25, 0.3) is 5.91 Å². The van der Waals surface area contributed by atoms with Crippen LogP contribution in [-0.4, -0.2) is 40.9 Å². The number of carbonyl (C=O) groups is 2. The average molecular weight is 449 g/mol. The number of nitrogen functional groups attached to an aromatic ring is 1. The molecule has 1 aliphatic heterocycles. The Morgan fingerprint density at radius 2 is 2.00 bits per heavy atom. The Balaban J connectivity index is 1.47. The molecule has 1 fully saturated rings. The van der Waals surface area contributed by atoms with Crippen LogP contribution in [0, 0.1) is 5.82 Å². The van der Waals surface area contributed by atoms with E-state index in [4.69, 9.17) is 5.73 Å². The third-order valence-corrected chi connectivity index (χ3v) is 5.37. The van der Waals surface area contributed by atoms with Crippen LogP contribution in [0.15, 0.2) is 54.7 Å². The number of nitrogens with one attached hydrogen (secondary N) is 3. The zero-order valence-electron chi connectivity index (χ0n) is 18.0. The molecule has 2 heterocycles. The molecule has 1 atom stereocenters. The van der Waals surface area contributed by atoms with E-state index in [-0.39, 0.29) is 41.6 Å². The van der Waals surface area contributed by atoms with Gasteiger partial charge in [-0.25, -0.2) is 14.4 Å². The van der Waals surface area contributed by atoms with Gasteiger partial charge in [-0.1, -0.05) is 24.3 Å². The van der Waals surface area contributed by atoms with Crippen molar-refractivity contribution in [2.75, 3.05) is 24.1 Å². The zero-order valence-corrected chi connectivity index (χ0v) is 18.0. The van der Waals surface area contributed by atoms with Gasteiger partial charge in [0.05, 0.1) is 18.3 Å². The van der Waals surface area contributed by atoms with Gasteiger partial charge in [0.1, 0.15) is 5.82 Å². The maximum atomic E-state index is 13.1. The van der Waals surface area contributed by atoms with E-state index in [0.717, 1.165) is 19.4 Å². The highest BCUT2D eigenvalue weighted by Crippen LogP contribution is 2.22. The Labute approximate surface area is 190 Å². The van der Waals surface area contributed by atoms with Gasteiger partial charge in [0, 0.05) is 23.8 Å². The number of nitrogens with two attached hydrogens (primary N) is 1. The maximum Gasteiger partial charge on any atom is 0.274 e. The molecule has 1 aliphatic rings. The highest BCUT2D eigenvalue weighted by Gasteiger charge is 2.20. The van der Waals surface area contributed by atoms with Crippen LogP contribution in [0.2, 0.25) is 0 Å². The van der Waals surface area contributed by atoms with E-state index in [1.807, 2.05) is 6.07 Å². The second kappa shape index (κ2) is 10.2. The lowest BCUT2D eigenvalue weighted by atomic mass is 10.1. The Kier molecular flexibility index (Phi) is 6.89. The first-order valence-electron chi connectivity index (χ1n) is 10.8. The van der Waals surface area contributed by atoms with E-state index in [1.165, 1.54) is 18.3 Å². The first kappa shape index (κ1) is 22.3. The fraction of sp³-hybridized carbons (Fsp3) is 0.250. The van der Waals surface area contributed by atoms with Gasteiger partial charge >= 0.3 is 0 Å². The molecule has 0 spiro atoms. The molecule has 1 saturated heterocycles. The van der Waals surface area contributed by atoms with Crippen LogP contribution in [0.4, 0.5) is 15.9 Å². The number of piperidine rings is 1. The molecule has 9 heteroatoms. The number of anilines is 2. The fourth-order valence-electron chi connectivity index (χ4n) is 3.68. The summed E-state index contributed by atoms with van der Waals surface area (Å²) in [5, 5.41) is 9.03. The molecule has 0 radical (unpaired) electrons. The average Bonchev–Trinajstić information content (AvgIpc) is 2.81. The largest absolute Gasteiger partial charge is 0.382 e. The van der Waals surface area contributed by atoms with Crippen LogP contribution < -0.4 is 21.7 Å². The zero-order chi connectivity index (χ0) is 23.2. The number of halogens is 1. The molecule has 8 nitrogen and oxygen atoms in total. The SMILES string of the molecule is Nc1ncc(-c2cccc(NC(=O)Cc3ccc(F)cc3)c2)nc1C(=O)N[C@H]1CCCNC1. The summed E-state index contributed by atoms with van der Waals surface area (Å²) in [7, 11) is 0. The molecule has 0 aliphatic carbocycles. The fourth-order valence-corrected chi connectivity index (χ4v) is 3.68. The number of nitrogens with zero attached hydrogens (tertiary/aromatic N) is 2. The topological polar surface area (TPSA) is 122 Å². The van der Waals surface area contributed by atoms with Gasteiger partial charge in [-0.2, -0.15) is 0 Å². The van der Waals surface area contributed by atoms with Crippen molar-refractivity contribution < 1.29 is 14.0 Å². The minimum Gasteiger partial charge on any atom is -0.382 e. The predicted octanol–water partition coefficient (Wildman–Crippen LogP) is 2.53. The quantitative estimate of drug-likeness (QED) is 0.460. The molecule has 2 amide bonds. The van der Waals surface area contributed by atoms with Crippen LogP contribution in [0.25, 0.3) is 11.3 Å². The third kappa shape index (κ3) is 5.89. The molecule has 0 bridgehead atoms.